The van der Waals surface area contributed by atoms with Crippen LogP contribution in [0.15, 0.2) is 29.4 Å². The van der Waals surface area contributed by atoms with Crippen LogP contribution in [0, 0.1) is 0 Å². The van der Waals surface area contributed by atoms with Crippen molar-refractivity contribution in [1.82, 2.24) is 10.7 Å². The Morgan fingerprint density at radius 2 is 2.00 bits per heavy atom. The zero-order valence-corrected chi connectivity index (χ0v) is 16.0. The van der Waals surface area contributed by atoms with E-state index in [0.29, 0.717) is 5.11 Å². The molecule has 0 radical (unpaired) electrons. The maximum atomic E-state index is 5.36. The minimum Gasteiger partial charge on any atom is -0.497 e. The van der Waals surface area contributed by atoms with Crippen molar-refractivity contribution in [1.29, 1.82) is 0 Å². The second kappa shape index (κ2) is 11.0. The standard InChI is InChI=1S/C18H28N4O2S/c1-15(14-16-4-6-17(23-2)7-5-16)20-21-18(25)19-8-3-9-22-10-12-24-13-11-22/h4-7H,3,8-14H2,1-2H3,(H2,19,21,25)/p+1/b20-15-. The van der Waals surface area contributed by atoms with Crippen LogP contribution in [-0.2, 0) is 11.2 Å². The molecule has 1 fully saturated rings. The second-order valence-corrected chi connectivity index (χ2v) is 6.61. The summed E-state index contributed by atoms with van der Waals surface area (Å²) in [6.45, 7) is 7.98. The molecule has 1 aromatic rings. The number of nitrogens with one attached hydrogen (secondary N) is 3. The fourth-order valence-electron chi connectivity index (χ4n) is 2.71. The Labute approximate surface area is 155 Å². The van der Waals surface area contributed by atoms with Gasteiger partial charge in [0.1, 0.15) is 18.8 Å². The van der Waals surface area contributed by atoms with E-state index in [1.54, 1.807) is 12.0 Å². The lowest BCUT2D eigenvalue weighted by atomic mass is 10.1. The van der Waals surface area contributed by atoms with Gasteiger partial charge in [-0.15, -0.1) is 0 Å². The lowest BCUT2D eigenvalue weighted by molar-refractivity contribution is -0.908. The van der Waals surface area contributed by atoms with E-state index in [2.05, 4.69) is 15.8 Å². The SMILES string of the molecule is COc1ccc(C/C(C)=N\NC(=S)NCCC[NH+]2CCOCC2)cc1. The van der Waals surface area contributed by atoms with Gasteiger partial charge in [-0.25, -0.2) is 0 Å². The molecule has 1 aliphatic heterocycles. The Balaban J connectivity index is 1.61. The van der Waals surface area contributed by atoms with Gasteiger partial charge < -0.3 is 19.7 Å². The first-order valence-electron chi connectivity index (χ1n) is 8.78. The third kappa shape index (κ3) is 7.81. The zero-order chi connectivity index (χ0) is 17.9. The summed E-state index contributed by atoms with van der Waals surface area (Å²) >= 11 is 5.27. The third-order valence-electron chi connectivity index (χ3n) is 4.16. The number of quaternary nitrogens is 1. The number of hydrazone groups is 1. The molecule has 0 aliphatic carbocycles. The summed E-state index contributed by atoms with van der Waals surface area (Å²) in [5.74, 6) is 0.862. The van der Waals surface area contributed by atoms with Crippen molar-refractivity contribution in [3.05, 3.63) is 29.8 Å². The van der Waals surface area contributed by atoms with Crippen molar-refractivity contribution in [2.45, 2.75) is 19.8 Å². The predicted octanol–water partition coefficient (Wildman–Crippen LogP) is 0.383. The molecule has 0 unspecified atom stereocenters. The highest BCUT2D eigenvalue weighted by Gasteiger charge is 2.12. The quantitative estimate of drug-likeness (QED) is 0.269. The fraction of sp³-hybridized carbons (Fsp3) is 0.556. The summed E-state index contributed by atoms with van der Waals surface area (Å²) in [6, 6.07) is 8.00. The van der Waals surface area contributed by atoms with E-state index in [9.17, 15) is 0 Å². The average Bonchev–Trinajstić information content (AvgIpc) is 2.65. The Kier molecular flexibility index (Phi) is 8.65. The topological polar surface area (TPSA) is 59.3 Å². The van der Waals surface area contributed by atoms with Gasteiger partial charge in [-0.1, -0.05) is 12.1 Å². The number of benzene rings is 1. The predicted molar refractivity (Wildman–Crippen MR) is 105 cm³/mol. The molecule has 1 aromatic carbocycles. The highest BCUT2D eigenvalue weighted by atomic mass is 32.1. The number of hydrogen-bond donors (Lipinski definition) is 3. The minimum absolute atomic E-state index is 0.575. The molecule has 0 atom stereocenters. The Hall–Kier alpha value is -1.70. The van der Waals surface area contributed by atoms with Gasteiger partial charge in [0.15, 0.2) is 5.11 Å². The summed E-state index contributed by atoms with van der Waals surface area (Å²) < 4.78 is 10.5. The summed E-state index contributed by atoms with van der Waals surface area (Å²) in [4.78, 5) is 1.61. The van der Waals surface area contributed by atoms with Gasteiger partial charge >= 0.3 is 0 Å². The van der Waals surface area contributed by atoms with Crippen LogP contribution in [0.25, 0.3) is 0 Å². The van der Waals surface area contributed by atoms with Crippen LogP contribution in [0.5, 0.6) is 5.75 Å². The lowest BCUT2D eigenvalue weighted by Crippen LogP contribution is -3.14. The molecule has 2 rings (SSSR count). The molecule has 7 heteroatoms. The van der Waals surface area contributed by atoms with Crippen molar-refractivity contribution in [2.75, 3.05) is 46.5 Å². The van der Waals surface area contributed by atoms with Crippen molar-refractivity contribution < 1.29 is 14.4 Å². The number of nitrogens with zero attached hydrogens (tertiary/aromatic N) is 1. The number of methoxy groups -OCH3 is 1. The van der Waals surface area contributed by atoms with Crippen molar-refractivity contribution in [3.8, 4) is 5.75 Å². The van der Waals surface area contributed by atoms with E-state index < -0.39 is 0 Å². The monoisotopic (exact) mass is 365 g/mol. The van der Waals surface area contributed by atoms with Crippen LogP contribution in [0.1, 0.15) is 18.9 Å². The molecule has 25 heavy (non-hydrogen) atoms. The highest BCUT2D eigenvalue weighted by Crippen LogP contribution is 2.11. The van der Waals surface area contributed by atoms with Gasteiger partial charge in [-0.2, -0.15) is 5.10 Å². The second-order valence-electron chi connectivity index (χ2n) is 6.21. The van der Waals surface area contributed by atoms with Gasteiger partial charge in [0.2, 0.25) is 0 Å². The first-order chi connectivity index (χ1) is 12.2. The van der Waals surface area contributed by atoms with Gasteiger partial charge in [-0.3, -0.25) is 5.43 Å². The average molecular weight is 366 g/mol. The summed E-state index contributed by atoms with van der Waals surface area (Å²) in [5, 5.41) is 8.12. The minimum atomic E-state index is 0.575. The van der Waals surface area contributed by atoms with E-state index in [4.69, 9.17) is 21.7 Å². The number of rotatable bonds is 8. The van der Waals surface area contributed by atoms with Gasteiger partial charge in [0.25, 0.3) is 0 Å². The van der Waals surface area contributed by atoms with E-state index >= 15 is 0 Å². The van der Waals surface area contributed by atoms with E-state index in [-0.39, 0.29) is 0 Å². The lowest BCUT2D eigenvalue weighted by Gasteiger charge is -2.23. The summed E-state index contributed by atoms with van der Waals surface area (Å²) in [7, 11) is 1.67. The van der Waals surface area contributed by atoms with Crippen molar-refractivity contribution >= 4 is 23.0 Å². The molecule has 138 valence electrons. The molecule has 0 saturated carbocycles. The van der Waals surface area contributed by atoms with E-state index in [1.165, 1.54) is 5.56 Å². The molecular formula is C18H29N4O2S+. The molecule has 1 aliphatic rings. The van der Waals surface area contributed by atoms with Crippen molar-refractivity contribution in [3.63, 3.8) is 0 Å². The Bertz CT molecular complexity index is 557. The number of thiocarbonyl (C=S) groups is 1. The summed E-state index contributed by atoms with van der Waals surface area (Å²) in [6.07, 6.45) is 1.87. The zero-order valence-electron chi connectivity index (χ0n) is 15.1. The van der Waals surface area contributed by atoms with Crippen LogP contribution in [-0.4, -0.2) is 57.3 Å². The summed E-state index contributed by atoms with van der Waals surface area (Å²) in [5.41, 5.74) is 5.09. The smallest absolute Gasteiger partial charge is 0.186 e. The molecule has 0 spiro atoms. The molecule has 0 bridgehead atoms. The Morgan fingerprint density at radius 3 is 2.68 bits per heavy atom. The molecule has 1 saturated heterocycles. The largest absolute Gasteiger partial charge is 0.497 e. The maximum absolute atomic E-state index is 5.36. The molecule has 3 N–H and O–H groups in total. The number of morpholine rings is 1. The number of hydrogen-bond acceptors (Lipinski definition) is 4. The molecule has 0 amide bonds. The molecule has 6 nitrogen and oxygen atoms in total. The first-order valence-corrected chi connectivity index (χ1v) is 9.19. The molecule has 0 aromatic heterocycles. The normalized spacial score (nSPS) is 15.7. The van der Waals surface area contributed by atoms with Crippen LogP contribution in [0.4, 0.5) is 0 Å². The van der Waals surface area contributed by atoms with Crippen LogP contribution < -0.4 is 20.4 Å². The van der Waals surface area contributed by atoms with Crippen LogP contribution in [0.2, 0.25) is 0 Å². The first kappa shape index (κ1) is 19.6. The van der Waals surface area contributed by atoms with Crippen molar-refractivity contribution in [2.24, 2.45) is 5.10 Å². The molecular weight excluding hydrogens is 336 g/mol. The number of ether oxygens (including phenoxy) is 2. The van der Waals surface area contributed by atoms with Gasteiger partial charge in [-0.05, 0) is 36.8 Å². The molecule has 1 heterocycles. The maximum Gasteiger partial charge on any atom is 0.186 e. The van der Waals surface area contributed by atoms with E-state index in [0.717, 1.165) is 63.7 Å². The fourth-order valence-corrected chi connectivity index (χ4v) is 2.86. The van der Waals surface area contributed by atoms with Crippen LogP contribution in [0.3, 0.4) is 0 Å². The van der Waals surface area contributed by atoms with Crippen LogP contribution >= 0.6 is 12.2 Å². The van der Waals surface area contributed by atoms with Gasteiger partial charge in [0, 0.05) is 25.1 Å². The van der Waals surface area contributed by atoms with E-state index in [1.807, 2.05) is 31.2 Å². The highest BCUT2D eigenvalue weighted by molar-refractivity contribution is 7.80. The van der Waals surface area contributed by atoms with Gasteiger partial charge in [0.05, 0.1) is 26.9 Å². The Morgan fingerprint density at radius 1 is 1.28 bits per heavy atom. The third-order valence-corrected chi connectivity index (χ3v) is 4.40.